The number of anilines is 1. The van der Waals surface area contributed by atoms with E-state index in [0.29, 0.717) is 11.1 Å². The molecular formula is C42H43N5O8S. The first-order valence-corrected chi connectivity index (χ1v) is 18.8. The molecule has 290 valence electrons. The maximum Gasteiger partial charge on any atom is 0.326 e. The Labute approximate surface area is 327 Å². The van der Waals surface area contributed by atoms with E-state index < -0.39 is 72.7 Å². The van der Waals surface area contributed by atoms with Gasteiger partial charge in [0, 0.05) is 29.8 Å². The number of amides is 5. The van der Waals surface area contributed by atoms with Gasteiger partial charge in [0.2, 0.25) is 23.6 Å². The maximum atomic E-state index is 13.4. The molecule has 5 amide bonds. The summed E-state index contributed by atoms with van der Waals surface area (Å²) in [6.45, 7) is 1.57. The molecule has 0 fully saturated rings. The van der Waals surface area contributed by atoms with Crippen LogP contribution in [-0.2, 0) is 48.0 Å². The third kappa shape index (κ3) is 12.3. The summed E-state index contributed by atoms with van der Waals surface area (Å²) in [5.74, 6) is -5.09. The van der Waals surface area contributed by atoms with Crippen molar-refractivity contribution in [2.45, 2.75) is 56.8 Å². The van der Waals surface area contributed by atoms with Gasteiger partial charge in [-0.2, -0.15) is 0 Å². The number of carbonyl (C=O) groups is 6. The smallest absolute Gasteiger partial charge is 0.326 e. The number of hydrogen-bond donors (Lipinski definition) is 7. The molecule has 0 unspecified atom stereocenters. The normalized spacial score (nSPS) is 19.9. The molecule has 7 rings (SSSR count). The topological polar surface area (TPSA) is 203 Å². The van der Waals surface area contributed by atoms with Gasteiger partial charge in [-0.1, -0.05) is 96.6 Å². The van der Waals surface area contributed by atoms with Crippen LogP contribution >= 0.6 is 11.3 Å². The molecule has 4 atom stereocenters. The van der Waals surface area contributed by atoms with E-state index in [9.17, 15) is 39.0 Å². The monoisotopic (exact) mass is 777 g/mol. The second kappa shape index (κ2) is 19.8. The molecule has 7 N–H and O–H groups in total. The van der Waals surface area contributed by atoms with Crippen LogP contribution in [-0.4, -0.2) is 76.5 Å². The average Bonchev–Trinajstić information content (AvgIpc) is 3.70. The number of benzene rings is 4. The van der Waals surface area contributed by atoms with Crippen LogP contribution in [0, 0.1) is 6.92 Å². The zero-order chi connectivity index (χ0) is 40.0. The Morgan fingerprint density at radius 3 is 2.07 bits per heavy atom. The van der Waals surface area contributed by atoms with Crippen LogP contribution in [0.15, 0.2) is 115 Å². The maximum absolute atomic E-state index is 13.4. The van der Waals surface area contributed by atoms with Crippen molar-refractivity contribution in [3.05, 3.63) is 136 Å². The number of aliphatic hydroxyl groups is 1. The number of carboxylic acids is 1. The van der Waals surface area contributed by atoms with Crippen LogP contribution < -0.4 is 26.6 Å². The van der Waals surface area contributed by atoms with Gasteiger partial charge in [0.25, 0.3) is 5.91 Å². The molecule has 2 aliphatic rings. The summed E-state index contributed by atoms with van der Waals surface area (Å²) in [7, 11) is 0. The van der Waals surface area contributed by atoms with Crippen LogP contribution in [0.25, 0.3) is 10.8 Å². The van der Waals surface area contributed by atoms with E-state index in [1.807, 2.05) is 0 Å². The predicted molar refractivity (Wildman–Crippen MR) is 213 cm³/mol. The van der Waals surface area contributed by atoms with Gasteiger partial charge in [0.15, 0.2) is 0 Å². The van der Waals surface area contributed by atoms with Crippen LogP contribution in [0.5, 0.6) is 0 Å². The van der Waals surface area contributed by atoms with Crippen molar-refractivity contribution in [3.63, 3.8) is 0 Å². The standard InChI is InChI=1S/C31H33N5O8S.C11H10/c37-25-16-26(38)34-23(15-21-7-4-12-45-21)28(40)32-17-27(39)35-22(13-18-5-2-1-3-6-18)29(41)36-24(31(43)44)14-19-8-10-20(11-9-19)33-30(25)42;1-9-6-7-10-4-2-3-5-11(10)8-9/h1-12,22-25,37H,13-17H2,(H,32,40)(H,33,42)(H,34,38)(H,35,39)(H,36,41)(H,43,44);2-8H,1H3/t22-,23-,24+,25-;/m1./s1. The van der Waals surface area contributed by atoms with E-state index in [2.05, 4.69) is 76.0 Å². The minimum Gasteiger partial charge on any atom is -0.480 e. The molecule has 0 radical (unpaired) electrons. The number of carboxylic acid groups (broad SMARTS) is 1. The molecule has 0 saturated heterocycles. The number of nitrogens with one attached hydrogen (secondary N) is 5. The van der Waals surface area contributed by atoms with Crippen LogP contribution in [0.2, 0.25) is 0 Å². The first-order chi connectivity index (χ1) is 26.9. The number of rotatable bonds is 5. The number of aliphatic carboxylic acids is 1. The SMILES string of the molecule is Cc1ccc2ccccc2c1.O=C1C[C@@H](O)C(=O)Nc2ccc(cc2)C[C@@H](C(=O)O)NC(=O)[C@@H](Cc2ccccc2)NC(=O)CNC(=O)[C@@H](Cc2cccs2)N1. The Balaban J connectivity index is 0.000000463. The van der Waals surface area contributed by atoms with Gasteiger partial charge in [-0.05, 0) is 52.4 Å². The quantitative estimate of drug-likeness (QED) is 0.132. The van der Waals surface area contributed by atoms with Crippen molar-refractivity contribution in [2.75, 3.05) is 11.9 Å². The summed E-state index contributed by atoms with van der Waals surface area (Å²) in [4.78, 5) is 77.6. The van der Waals surface area contributed by atoms with Crippen molar-refractivity contribution in [3.8, 4) is 0 Å². The molecule has 2 aliphatic heterocycles. The van der Waals surface area contributed by atoms with Gasteiger partial charge in [-0.3, -0.25) is 24.0 Å². The Bertz CT molecular complexity index is 2140. The zero-order valence-corrected chi connectivity index (χ0v) is 31.4. The lowest BCUT2D eigenvalue weighted by Gasteiger charge is -2.22. The summed E-state index contributed by atoms with van der Waals surface area (Å²) in [5.41, 5.74) is 2.84. The Morgan fingerprint density at radius 1 is 0.696 bits per heavy atom. The second-order valence-corrected chi connectivity index (χ2v) is 14.3. The average molecular weight is 778 g/mol. The van der Waals surface area contributed by atoms with E-state index in [4.69, 9.17) is 0 Å². The molecular weight excluding hydrogens is 735 g/mol. The van der Waals surface area contributed by atoms with Crippen LogP contribution in [0.4, 0.5) is 5.69 Å². The fourth-order valence-corrected chi connectivity index (χ4v) is 6.67. The number of hydrogen-bond acceptors (Lipinski definition) is 8. The van der Waals surface area contributed by atoms with Gasteiger partial charge in [0.1, 0.15) is 24.2 Å². The van der Waals surface area contributed by atoms with E-state index in [0.717, 1.165) is 4.88 Å². The molecule has 14 heteroatoms. The molecule has 0 aliphatic carbocycles. The fourth-order valence-electron chi connectivity index (χ4n) is 5.92. The fraction of sp³-hybridized carbons (Fsp3) is 0.238. The molecule has 13 nitrogen and oxygen atoms in total. The number of carbonyl (C=O) groups excluding carboxylic acids is 5. The highest BCUT2D eigenvalue weighted by atomic mass is 32.1. The molecule has 56 heavy (non-hydrogen) atoms. The number of aryl methyl sites for hydroxylation is 1. The predicted octanol–water partition coefficient (Wildman–Crippen LogP) is 3.28. The number of thiophene rings is 1. The Kier molecular flexibility index (Phi) is 14.4. The van der Waals surface area contributed by atoms with E-state index in [1.54, 1.807) is 60.0 Å². The Morgan fingerprint density at radius 2 is 1.38 bits per heavy atom. The highest BCUT2D eigenvalue weighted by Gasteiger charge is 2.29. The van der Waals surface area contributed by atoms with Gasteiger partial charge < -0.3 is 36.8 Å². The number of aliphatic hydroxyl groups excluding tert-OH is 1. The van der Waals surface area contributed by atoms with Crippen molar-refractivity contribution < 1.29 is 39.0 Å². The van der Waals surface area contributed by atoms with Crippen LogP contribution in [0.1, 0.15) is 28.0 Å². The summed E-state index contributed by atoms with van der Waals surface area (Å²) < 4.78 is 0. The molecule has 1 aromatic heterocycles. The van der Waals surface area contributed by atoms with E-state index in [-0.39, 0.29) is 24.9 Å². The highest BCUT2D eigenvalue weighted by Crippen LogP contribution is 2.16. The van der Waals surface area contributed by atoms with Gasteiger partial charge in [-0.25, -0.2) is 4.79 Å². The molecule has 2 bridgehead atoms. The molecule has 0 saturated carbocycles. The summed E-state index contributed by atoms with van der Waals surface area (Å²) in [6, 6.07) is 29.7. The van der Waals surface area contributed by atoms with Crippen molar-refractivity contribution in [1.82, 2.24) is 21.3 Å². The molecule has 3 heterocycles. The first-order valence-electron chi connectivity index (χ1n) is 17.9. The summed E-state index contributed by atoms with van der Waals surface area (Å²) >= 11 is 1.35. The van der Waals surface area contributed by atoms with Crippen molar-refractivity contribution in [2.24, 2.45) is 0 Å². The minimum atomic E-state index is -1.73. The third-order valence-electron chi connectivity index (χ3n) is 8.86. The largest absolute Gasteiger partial charge is 0.480 e. The van der Waals surface area contributed by atoms with Gasteiger partial charge >= 0.3 is 5.97 Å². The lowest BCUT2D eigenvalue weighted by molar-refractivity contribution is -0.142. The first kappa shape index (κ1) is 40.8. The lowest BCUT2D eigenvalue weighted by atomic mass is 10.0. The van der Waals surface area contributed by atoms with E-state index in [1.165, 1.54) is 39.8 Å². The molecule has 4 aromatic carbocycles. The summed E-state index contributed by atoms with van der Waals surface area (Å²) in [6.07, 6.45) is -2.34. The van der Waals surface area contributed by atoms with Crippen LogP contribution in [0.3, 0.4) is 0 Å². The highest BCUT2D eigenvalue weighted by molar-refractivity contribution is 7.09. The second-order valence-electron chi connectivity index (χ2n) is 13.3. The zero-order valence-electron chi connectivity index (χ0n) is 30.6. The summed E-state index contributed by atoms with van der Waals surface area (Å²) in [5, 5.41) is 37.2. The lowest BCUT2D eigenvalue weighted by Crippen LogP contribution is -2.55. The molecule has 5 aromatic rings. The van der Waals surface area contributed by atoms with Crippen molar-refractivity contribution in [1.29, 1.82) is 0 Å². The Hall–Kier alpha value is -6.38. The number of fused-ring (bicyclic) bond motifs is 19. The van der Waals surface area contributed by atoms with Gasteiger partial charge in [0.05, 0.1) is 13.0 Å². The molecule has 0 spiro atoms. The van der Waals surface area contributed by atoms with Crippen molar-refractivity contribution >= 4 is 63.3 Å². The minimum absolute atomic E-state index is 0.0481. The third-order valence-corrected chi connectivity index (χ3v) is 9.76. The van der Waals surface area contributed by atoms with Gasteiger partial charge in [-0.15, -0.1) is 11.3 Å². The van der Waals surface area contributed by atoms with E-state index >= 15 is 0 Å².